The summed E-state index contributed by atoms with van der Waals surface area (Å²) in [7, 11) is 0. The van der Waals surface area contributed by atoms with Crippen molar-refractivity contribution in [2.24, 2.45) is 0 Å². The van der Waals surface area contributed by atoms with Crippen molar-refractivity contribution in [3.05, 3.63) is 27.5 Å². The minimum Gasteiger partial charge on any atom is -0.490 e. The van der Waals surface area contributed by atoms with Crippen molar-refractivity contribution in [2.45, 2.75) is 32.4 Å². The average Bonchev–Trinajstić information content (AvgIpc) is 2.79. The molecule has 0 aliphatic heterocycles. The van der Waals surface area contributed by atoms with Gasteiger partial charge in [-0.1, -0.05) is 6.07 Å². The van der Waals surface area contributed by atoms with Crippen LogP contribution in [0.1, 0.15) is 26.5 Å². The first-order chi connectivity index (χ1) is 10.3. The summed E-state index contributed by atoms with van der Waals surface area (Å²) in [6, 6.07) is 7.79. The second kappa shape index (κ2) is 6.86. The summed E-state index contributed by atoms with van der Waals surface area (Å²) in [4.78, 5) is 3.07. The second-order valence-electron chi connectivity index (χ2n) is 6.38. The molecular formula is C16H21IN3O2+. The fraction of sp³-hybridized carbons (Fsp3) is 0.438. The number of ether oxygens (including phenoxy) is 1. The maximum Gasteiger partial charge on any atom is 0.137 e. The monoisotopic (exact) mass is 414 g/mol. The summed E-state index contributed by atoms with van der Waals surface area (Å²) in [6.07, 6.45) is -0.540. The van der Waals surface area contributed by atoms with E-state index in [1.54, 1.807) is 0 Å². The van der Waals surface area contributed by atoms with Crippen LogP contribution in [0, 0.1) is 14.9 Å². The lowest BCUT2D eigenvalue weighted by Crippen LogP contribution is -2.96. The van der Waals surface area contributed by atoms with E-state index in [2.05, 4.69) is 59.7 Å². The molecule has 6 heteroatoms. The van der Waals surface area contributed by atoms with E-state index in [-0.39, 0.29) is 12.1 Å². The fourth-order valence-electron chi connectivity index (χ4n) is 2.12. The summed E-state index contributed by atoms with van der Waals surface area (Å²) in [5.74, 6) is 0.689. The summed E-state index contributed by atoms with van der Waals surface area (Å²) < 4.78 is 6.63. The number of H-pyrrole nitrogens is 1. The molecule has 0 aliphatic carbocycles. The van der Waals surface area contributed by atoms with Crippen LogP contribution in [0.4, 0.5) is 0 Å². The molecule has 0 saturated heterocycles. The van der Waals surface area contributed by atoms with Gasteiger partial charge in [-0.05, 0) is 55.5 Å². The van der Waals surface area contributed by atoms with Crippen LogP contribution in [0.2, 0.25) is 0 Å². The van der Waals surface area contributed by atoms with Gasteiger partial charge in [0, 0.05) is 0 Å². The van der Waals surface area contributed by atoms with Crippen LogP contribution in [0.5, 0.6) is 5.75 Å². The number of hydrogen-bond acceptors (Lipinski definition) is 3. The maximum absolute atomic E-state index is 10.0. The van der Waals surface area contributed by atoms with E-state index in [0.717, 1.165) is 14.5 Å². The molecule has 1 unspecified atom stereocenters. The number of aromatic nitrogens is 1. The number of quaternary nitrogens is 1. The number of nitrogens with one attached hydrogen (secondary N) is 1. The molecule has 1 aromatic carbocycles. The number of benzene rings is 1. The quantitative estimate of drug-likeness (QED) is 0.652. The highest BCUT2D eigenvalue weighted by atomic mass is 127. The number of nitrogens with zero attached hydrogens (tertiary/aromatic N) is 1. The predicted octanol–water partition coefficient (Wildman–Crippen LogP) is 1.75. The van der Waals surface area contributed by atoms with Crippen LogP contribution in [-0.4, -0.2) is 34.9 Å². The number of halogens is 1. The Hall–Kier alpha value is -1.30. The molecule has 5 nitrogen and oxygen atoms in total. The Morgan fingerprint density at radius 3 is 2.82 bits per heavy atom. The van der Waals surface area contributed by atoms with Crippen LogP contribution in [0.3, 0.4) is 0 Å². The molecule has 118 valence electrons. The van der Waals surface area contributed by atoms with Crippen molar-refractivity contribution < 1.29 is 15.2 Å². The van der Waals surface area contributed by atoms with Gasteiger partial charge in [-0.2, -0.15) is 5.26 Å². The van der Waals surface area contributed by atoms with Crippen LogP contribution < -0.4 is 10.1 Å². The lowest BCUT2D eigenvalue weighted by atomic mass is 10.1. The van der Waals surface area contributed by atoms with Crippen molar-refractivity contribution >= 4 is 33.5 Å². The number of aliphatic hydroxyl groups is 1. The van der Waals surface area contributed by atoms with Crippen molar-refractivity contribution in [3.8, 4) is 11.8 Å². The van der Waals surface area contributed by atoms with Crippen LogP contribution in [-0.2, 0) is 0 Å². The molecule has 0 aliphatic rings. The smallest absolute Gasteiger partial charge is 0.137 e. The molecule has 22 heavy (non-hydrogen) atoms. The zero-order chi connectivity index (χ0) is 16.3. The summed E-state index contributed by atoms with van der Waals surface area (Å²) in [5, 5.41) is 22.1. The van der Waals surface area contributed by atoms with Crippen LogP contribution >= 0.6 is 22.6 Å². The molecule has 4 N–H and O–H groups in total. The number of aromatic amines is 1. The fourth-order valence-corrected chi connectivity index (χ4v) is 2.93. The van der Waals surface area contributed by atoms with Gasteiger partial charge in [0.15, 0.2) is 0 Å². The highest BCUT2D eigenvalue weighted by Crippen LogP contribution is 2.32. The molecule has 0 amide bonds. The third-order valence-electron chi connectivity index (χ3n) is 3.27. The van der Waals surface area contributed by atoms with Crippen molar-refractivity contribution in [1.29, 1.82) is 5.26 Å². The highest BCUT2D eigenvalue weighted by molar-refractivity contribution is 14.1. The highest BCUT2D eigenvalue weighted by Gasteiger charge is 2.18. The third-order valence-corrected chi connectivity index (χ3v) is 4.35. The molecular weight excluding hydrogens is 393 g/mol. The van der Waals surface area contributed by atoms with Gasteiger partial charge in [0.1, 0.15) is 36.8 Å². The van der Waals surface area contributed by atoms with Gasteiger partial charge in [0.05, 0.1) is 20.0 Å². The van der Waals surface area contributed by atoms with Crippen molar-refractivity contribution in [3.63, 3.8) is 0 Å². The predicted molar refractivity (Wildman–Crippen MR) is 93.8 cm³/mol. The van der Waals surface area contributed by atoms with E-state index < -0.39 is 6.10 Å². The normalized spacial score (nSPS) is 13.1. The molecule has 0 radical (unpaired) electrons. The van der Waals surface area contributed by atoms with Crippen LogP contribution in [0.15, 0.2) is 18.2 Å². The first-order valence-electron chi connectivity index (χ1n) is 7.17. The Morgan fingerprint density at radius 2 is 2.18 bits per heavy atom. The molecule has 1 aromatic heterocycles. The molecule has 2 rings (SSSR count). The Kier molecular flexibility index (Phi) is 5.32. The van der Waals surface area contributed by atoms with Crippen LogP contribution in [0.25, 0.3) is 10.9 Å². The van der Waals surface area contributed by atoms with Crippen molar-refractivity contribution in [1.82, 2.24) is 4.98 Å². The maximum atomic E-state index is 10.0. The average molecular weight is 414 g/mol. The number of fused-ring (bicyclic) bond motifs is 1. The molecule has 2 aromatic rings. The zero-order valence-electron chi connectivity index (χ0n) is 13.0. The molecule has 1 atom stereocenters. The van der Waals surface area contributed by atoms with Gasteiger partial charge in [-0.25, -0.2) is 0 Å². The topological polar surface area (TPSA) is 85.7 Å². The number of nitrogens with two attached hydrogens (primary N) is 1. The Labute approximate surface area is 143 Å². The van der Waals surface area contributed by atoms with Gasteiger partial charge >= 0.3 is 0 Å². The van der Waals surface area contributed by atoms with E-state index in [0.29, 0.717) is 18.0 Å². The van der Waals surface area contributed by atoms with Gasteiger partial charge in [-0.15, -0.1) is 0 Å². The van der Waals surface area contributed by atoms with E-state index in [9.17, 15) is 5.11 Å². The minimum atomic E-state index is -0.540. The standard InChI is InChI=1S/C16H20IN3O2/c1-16(2,3)19-8-10(21)9-22-13-6-4-5-11-14(13)15(17)12(7-18)20-11/h4-6,10,19-21H,8-9H2,1-3H3/p+1. The Morgan fingerprint density at radius 1 is 1.45 bits per heavy atom. The second-order valence-corrected chi connectivity index (χ2v) is 7.45. The molecule has 0 fully saturated rings. The summed E-state index contributed by atoms with van der Waals surface area (Å²) >= 11 is 2.14. The molecule has 0 spiro atoms. The van der Waals surface area contributed by atoms with E-state index in [1.807, 2.05) is 18.2 Å². The van der Waals surface area contributed by atoms with E-state index >= 15 is 0 Å². The third kappa shape index (κ3) is 4.12. The minimum absolute atomic E-state index is 0.0821. The molecule has 0 bridgehead atoms. The number of hydrogen-bond donors (Lipinski definition) is 3. The first kappa shape index (κ1) is 17.1. The largest absolute Gasteiger partial charge is 0.490 e. The molecule has 0 saturated carbocycles. The zero-order valence-corrected chi connectivity index (χ0v) is 15.1. The lowest BCUT2D eigenvalue weighted by molar-refractivity contribution is -0.722. The Balaban J connectivity index is 2.09. The summed E-state index contributed by atoms with van der Waals surface area (Å²) in [6.45, 7) is 7.13. The molecule has 1 heterocycles. The van der Waals surface area contributed by atoms with Gasteiger partial charge < -0.3 is 20.1 Å². The van der Waals surface area contributed by atoms with Crippen molar-refractivity contribution in [2.75, 3.05) is 13.2 Å². The summed E-state index contributed by atoms with van der Waals surface area (Å²) in [5.41, 5.74) is 1.49. The number of nitriles is 1. The first-order valence-corrected chi connectivity index (χ1v) is 8.25. The van der Waals surface area contributed by atoms with E-state index in [4.69, 9.17) is 10.00 Å². The number of aliphatic hydroxyl groups excluding tert-OH is 1. The van der Waals surface area contributed by atoms with Gasteiger partial charge in [0.25, 0.3) is 0 Å². The lowest BCUT2D eigenvalue weighted by Gasteiger charge is -2.19. The van der Waals surface area contributed by atoms with Gasteiger partial charge in [0.2, 0.25) is 0 Å². The Bertz CT molecular complexity index is 698. The SMILES string of the molecule is CC(C)(C)[NH2+]CC(O)COc1cccc2[nH]c(C#N)c(I)c12. The number of rotatable bonds is 5. The van der Waals surface area contributed by atoms with Gasteiger partial charge in [-0.3, -0.25) is 0 Å². The van der Waals surface area contributed by atoms with E-state index in [1.165, 1.54) is 0 Å².